The second-order valence-corrected chi connectivity index (χ2v) is 6.44. The Morgan fingerprint density at radius 3 is 2.45 bits per heavy atom. The summed E-state index contributed by atoms with van der Waals surface area (Å²) in [6, 6.07) is 9.92. The minimum absolute atomic E-state index is 0.0775. The number of hydrogen-bond donors (Lipinski definition) is 2. The van der Waals surface area contributed by atoms with Crippen LogP contribution in [0.2, 0.25) is 0 Å². The summed E-state index contributed by atoms with van der Waals surface area (Å²) in [6.07, 6.45) is 1.63. The molecule has 0 saturated heterocycles. The zero-order valence-electron chi connectivity index (χ0n) is 13.3. The summed E-state index contributed by atoms with van der Waals surface area (Å²) in [5.74, 6) is -0.0775. The lowest BCUT2D eigenvalue weighted by Crippen LogP contribution is -2.52. The van der Waals surface area contributed by atoms with E-state index in [0.717, 1.165) is 29.1 Å². The lowest BCUT2D eigenvalue weighted by Gasteiger charge is -2.31. The maximum absolute atomic E-state index is 12.6. The number of benzene rings is 1. The highest BCUT2D eigenvalue weighted by Gasteiger charge is 2.28. The van der Waals surface area contributed by atoms with Gasteiger partial charge >= 0.3 is 0 Å². The number of hydrogen-bond acceptors (Lipinski definition) is 4. The molecule has 0 aliphatic rings. The summed E-state index contributed by atoms with van der Waals surface area (Å²) in [5.41, 5.74) is 7.33. The first-order chi connectivity index (χ1) is 10.5. The van der Waals surface area contributed by atoms with Crippen molar-refractivity contribution < 1.29 is 4.79 Å². The number of nitrogens with two attached hydrogens (primary N) is 1. The zero-order chi connectivity index (χ0) is 16.2. The minimum atomic E-state index is -0.333. The van der Waals surface area contributed by atoms with Crippen molar-refractivity contribution in [3.05, 3.63) is 40.9 Å². The number of nitrogens with zero attached hydrogens (tertiary/aromatic N) is 1. The van der Waals surface area contributed by atoms with E-state index in [9.17, 15) is 4.79 Å². The molecule has 2 aromatic rings. The van der Waals surface area contributed by atoms with E-state index in [0.29, 0.717) is 11.4 Å². The van der Waals surface area contributed by atoms with Crippen LogP contribution in [0.5, 0.6) is 0 Å². The van der Waals surface area contributed by atoms with Crippen LogP contribution in [0.4, 0.5) is 0 Å². The van der Waals surface area contributed by atoms with E-state index in [-0.39, 0.29) is 11.4 Å². The van der Waals surface area contributed by atoms with E-state index >= 15 is 0 Å². The highest BCUT2D eigenvalue weighted by Crippen LogP contribution is 2.28. The van der Waals surface area contributed by atoms with E-state index in [4.69, 9.17) is 5.73 Å². The van der Waals surface area contributed by atoms with Gasteiger partial charge in [-0.3, -0.25) is 4.79 Å². The third kappa shape index (κ3) is 3.36. The number of nitrogens with one attached hydrogen (secondary N) is 1. The van der Waals surface area contributed by atoms with Gasteiger partial charge in [0.05, 0.1) is 11.2 Å². The van der Waals surface area contributed by atoms with E-state index in [2.05, 4.69) is 10.3 Å². The summed E-state index contributed by atoms with van der Waals surface area (Å²) in [4.78, 5) is 17.8. The molecular weight excluding hydrogens is 294 g/mol. The van der Waals surface area contributed by atoms with Gasteiger partial charge in [0.2, 0.25) is 0 Å². The molecule has 0 aliphatic carbocycles. The Balaban J connectivity index is 2.26. The Hall–Kier alpha value is -1.72. The summed E-state index contributed by atoms with van der Waals surface area (Å²) in [6.45, 7) is 6.41. The summed E-state index contributed by atoms with van der Waals surface area (Å²) >= 11 is 1.43. The largest absolute Gasteiger partial charge is 0.345 e. The minimum Gasteiger partial charge on any atom is -0.345 e. The first-order valence-corrected chi connectivity index (χ1v) is 8.42. The molecule has 2 rings (SSSR count). The number of thiazole rings is 1. The van der Waals surface area contributed by atoms with Gasteiger partial charge in [0.25, 0.3) is 5.91 Å². The van der Waals surface area contributed by atoms with Crippen LogP contribution in [0.25, 0.3) is 10.6 Å². The van der Waals surface area contributed by atoms with Crippen molar-refractivity contribution in [1.29, 1.82) is 0 Å². The molecule has 0 aliphatic heterocycles. The molecule has 1 heterocycles. The van der Waals surface area contributed by atoms with Gasteiger partial charge < -0.3 is 11.1 Å². The van der Waals surface area contributed by atoms with Crippen LogP contribution >= 0.6 is 11.3 Å². The van der Waals surface area contributed by atoms with Crippen LogP contribution in [0.1, 0.15) is 42.1 Å². The second-order valence-electron chi connectivity index (χ2n) is 5.45. The molecule has 22 heavy (non-hydrogen) atoms. The number of rotatable bonds is 6. The maximum Gasteiger partial charge on any atom is 0.263 e. The predicted octanol–water partition coefficient (Wildman–Crippen LogP) is 3.37. The molecule has 0 spiro atoms. The van der Waals surface area contributed by atoms with Gasteiger partial charge in [-0.1, -0.05) is 44.2 Å². The lowest BCUT2D eigenvalue weighted by atomic mass is 9.93. The first kappa shape index (κ1) is 16.6. The van der Waals surface area contributed by atoms with Gasteiger partial charge in [-0.05, 0) is 19.8 Å². The summed E-state index contributed by atoms with van der Waals surface area (Å²) in [5, 5.41) is 3.98. The van der Waals surface area contributed by atoms with E-state index in [1.807, 2.05) is 51.1 Å². The lowest BCUT2D eigenvalue weighted by molar-refractivity contribution is 0.0898. The van der Waals surface area contributed by atoms with Crippen molar-refractivity contribution in [2.24, 2.45) is 5.73 Å². The average molecular weight is 317 g/mol. The summed E-state index contributed by atoms with van der Waals surface area (Å²) < 4.78 is 0. The van der Waals surface area contributed by atoms with Crippen molar-refractivity contribution in [1.82, 2.24) is 10.3 Å². The molecule has 0 atom stereocenters. The molecule has 5 heteroatoms. The normalized spacial score (nSPS) is 11.5. The van der Waals surface area contributed by atoms with E-state index < -0.39 is 0 Å². The molecule has 3 N–H and O–H groups in total. The predicted molar refractivity (Wildman–Crippen MR) is 92.1 cm³/mol. The number of carbonyl (C=O) groups is 1. The maximum atomic E-state index is 12.6. The second kappa shape index (κ2) is 7.03. The standard InChI is InChI=1S/C17H23N3OS/c1-4-17(5-2,11-18)20-15(21)14-12(3)19-16(22-14)13-9-7-6-8-10-13/h6-10H,4-5,11,18H2,1-3H3,(H,20,21). The Bertz CT molecular complexity index is 624. The van der Waals surface area contributed by atoms with E-state index in [1.54, 1.807) is 0 Å². The quantitative estimate of drug-likeness (QED) is 0.858. The smallest absolute Gasteiger partial charge is 0.263 e. The molecular formula is C17H23N3OS. The molecule has 1 aromatic heterocycles. The van der Waals surface area contributed by atoms with Crippen LogP contribution in [0.3, 0.4) is 0 Å². The molecule has 1 amide bonds. The number of amides is 1. The van der Waals surface area contributed by atoms with Gasteiger partial charge in [0.15, 0.2) is 0 Å². The first-order valence-electron chi connectivity index (χ1n) is 7.60. The molecule has 1 aromatic carbocycles. The highest BCUT2D eigenvalue weighted by molar-refractivity contribution is 7.17. The van der Waals surface area contributed by atoms with Crippen molar-refractivity contribution in [3.63, 3.8) is 0 Å². The highest BCUT2D eigenvalue weighted by atomic mass is 32.1. The van der Waals surface area contributed by atoms with Crippen LogP contribution < -0.4 is 11.1 Å². The average Bonchev–Trinajstić information content (AvgIpc) is 2.95. The Kier molecular flexibility index (Phi) is 5.32. The van der Waals surface area contributed by atoms with Crippen molar-refractivity contribution in [2.45, 2.75) is 39.2 Å². The number of aromatic nitrogens is 1. The number of aryl methyl sites for hydroxylation is 1. The van der Waals surface area contributed by atoms with Gasteiger partial charge in [-0.15, -0.1) is 11.3 Å². The fraction of sp³-hybridized carbons (Fsp3) is 0.412. The van der Waals surface area contributed by atoms with Crippen molar-refractivity contribution in [2.75, 3.05) is 6.54 Å². The number of carbonyl (C=O) groups excluding carboxylic acids is 1. The van der Waals surface area contributed by atoms with Crippen LogP contribution in [0.15, 0.2) is 30.3 Å². The zero-order valence-corrected chi connectivity index (χ0v) is 14.2. The van der Waals surface area contributed by atoms with Crippen LogP contribution in [0, 0.1) is 6.92 Å². The Morgan fingerprint density at radius 1 is 1.27 bits per heavy atom. The fourth-order valence-electron chi connectivity index (χ4n) is 2.38. The van der Waals surface area contributed by atoms with Crippen molar-refractivity contribution in [3.8, 4) is 10.6 Å². The summed E-state index contributed by atoms with van der Waals surface area (Å²) in [7, 11) is 0. The monoisotopic (exact) mass is 317 g/mol. The molecule has 0 fully saturated rings. The molecule has 0 unspecified atom stereocenters. The third-order valence-corrected chi connectivity index (χ3v) is 5.35. The van der Waals surface area contributed by atoms with Gasteiger partial charge in [0, 0.05) is 12.1 Å². The Labute approximate surface area is 135 Å². The van der Waals surface area contributed by atoms with E-state index in [1.165, 1.54) is 11.3 Å². The molecule has 0 bridgehead atoms. The third-order valence-electron chi connectivity index (χ3n) is 4.15. The van der Waals surface area contributed by atoms with Gasteiger partial charge in [-0.2, -0.15) is 0 Å². The topological polar surface area (TPSA) is 68.0 Å². The van der Waals surface area contributed by atoms with Crippen LogP contribution in [-0.4, -0.2) is 23.0 Å². The van der Waals surface area contributed by atoms with Crippen molar-refractivity contribution >= 4 is 17.2 Å². The molecule has 4 nitrogen and oxygen atoms in total. The molecule has 0 saturated carbocycles. The molecule has 0 radical (unpaired) electrons. The van der Waals surface area contributed by atoms with Gasteiger partial charge in [-0.25, -0.2) is 4.98 Å². The Morgan fingerprint density at radius 2 is 1.91 bits per heavy atom. The fourth-order valence-corrected chi connectivity index (χ4v) is 3.34. The SMILES string of the molecule is CCC(CC)(CN)NC(=O)c1sc(-c2ccccc2)nc1C. The van der Waals surface area contributed by atoms with Crippen LogP contribution in [-0.2, 0) is 0 Å². The van der Waals surface area contributed by atoms with Gasteiger partial charge in [0.1, 0.15) is 9.88 Å². The molecule has 118 valence electrons.